The first-order valence-corrected chi connectivity index (χ1v) is 8.43. The molecule has 0 atom stereocenters. The van der Waals surface area contributed by atoms with Crippen molar-refractivity contribution in [2.24, 2.45) is 0 Å². The highest BCUT2D eigenvalue weighted by Crippen LogP contribution is 2.34. The molecule has 7 heteroatoms. The average Bonchev–Trinajstić information content (AvgIpc) is 2.81. The summed E-state index contributed by atoms with van der Waals surface area (Å²) in [6.07, 6.45) is 0.671. The zero-order valence-electron chi connectivity index (χ0n) is 12.8. The van der Waals surface area contributed by atoms with Crippen LogP contribution in [0.3, 0.4) is 0 Å². The molecular formula is C16H15Cl2NO3S. The lowest BCUT2D eigenvalue weighted by atomic mass is 10.1. The number of rotatable bonds is 4. The zero-order valence-corrected chi connectivity index (χ0v) is 15.2. The van der Waals surface area contributed by atoms with Crippen molar-refractivity contribution in [3.8, 4) is 0 Å². The van der Waals surface area contributed by atoms with E-state index in [1.807, 2.05) is 13.8 Å². The van der Waals surface area contributed by atoms with Crippen LogP contribution in [0.25, 0.3) is 0 Å². The summed E-state index contributed by atoms with van der Waals surface area (Å²) >= 11 is 13.2. The van der Waals surface area contributed by atoms with Crippen LogP contribution in [0, 0.1) is 6.92 Å². The Hall–Kier alpha value is -1.56. The summed E-state index contributed by atoms with van der Waals surface area (Å²) in [5, 5.41) is 3.90. The number of benzene rings is 1. The van der Waals surface area contributed by atoms with Crippen LogP contribution in [0.4, 0.5) is 5.00 Å². The average molecular weight is 372 g/mol. The second-order valence-corrected chi connectivity index (χ2v) is 6.83. The van der Waals surface area contributed by atoms with Crippen molar-refractivity contribution < 1.29 is 14.3 Å². The van der Waals surface area contributed by atoms with Gasteiger partial charge in [-0.1, -0.05) is 30.1 Å². The van der Waals surface area contributed by atoms with Gasteiger partial charge in [-0.3, -0.25) is 4.79 Å². The number of anilines is 1. The highest BCUT2D eigenvalue weighted by molar-refractivity contribution is 7.16. The van der Waals surface area contributed by atoms with Crippen molar-refractivity contribution in [2.75, 3.05) is 12.4 Å². The van der Waals surface area contributed by atoms with Crippen LogP contribution in [0.5, 0.6) is 0 Å². The minimum atomic E-state index is -0.469. The monoisotopic (exact) mass is 371 g/mol. The van der Waals surface area contributed by atoms with Crippen molar-refractivity contribution in [2.45, 2.75) is 20.3 Å². The second kappa shape index (κ2) is 7.34. The zero-order chi connectivity index (χ0) is 17.1. The van der Waals surface area contributed by atoms with Crippen LogP contribution in [0.1, 0.15) is 38.1 Å². The Morgan fingerprint density at radius 3 is 2.57 bits per heavy atom. The molecule has 0 aliphatic rings. The molecule has 0 aliphatic carbocycles. The lowest BCUT2D eigenvalue weighted by molar-refractivity contribution is 0.0601. The van der Waals surface area contributed by atoms with E-state index in [1.54, 1.807) is 12.1 Å². The SMILES string of the molecule is CCc1c(C)sc(NC(=O)c2ccc(Cl)cc2Cl)c1C(=O)OC. The first kappa shape index (κ1) is 17.8. The number of aryl methyl sites for hydroxylation is 1. The second-order valence-electron chi connectivity index (χ2n) is 4.76. The molecule has 0 radical (unpaired) electrons. The summed E-state index contributed by atoms with van der Waals surface area (Å²) in [5.41, 5.74) is 1.56. The summed E-state index contributed by atoms with van der Waals surface area (Å²) in [5.74, 6) is -0.871. The topological polar surface area (TPSA) is 55.4 Å². The van der Waals surface area contributed by atoms with Gasteiger partial charge in [-0.2, -0.15) is 0 Å². The van der Waals surface area contributed by atoms with Crippen LogP contribution in [-0.4, -0.2) is 19.0 Å². The fraction of sp³-hybridized carbons (Fsp3) is 0.250. The van der Waals surface area contributed by atoms with Crippen molar-refractivity contribution >= 4 is 51.4 Å². The highest BCUT2D eigenvalue weighted by atomic mass is 35.5. The van der Waals surface area contributed by atoms with Gasteiger partial charge >= 0.3 is 5.97 Å². The lowest BCUT2D eigenvalue weighted by Gasteiger charge is -2.08. The summed E-state index contributed by atoms with van der Waals surface area (Å²) in [7, 11) is 1.32. The molecule has 0 fully saturated rings. The number of hydrogen-bond donors (Lipinski definition) is 1. The predicted molar refractivity (Wildman–Crippen MR) is 94.2 cm³/mol. The molecule has 0 bridgehead atoms. The predicted octanol–water partition coefficient (Wildman–Crippen LogP) is 4.96. The molecule has 23 heavy (non-hydrogen) atoms. The van der Waals surface area contributed by atoms with Gasteiger partial charge in [-0.15, -0.1) is 11.3 Å². The first-order chi connectivity index (χ1) is 10.9. The normalized spacial score (nSPS) is 10.5. The lowest BCUT2D eigenvalue weighted by Crippen LogP contribution is -2.15. The fourth-order valence-corrected chi connectivity index (χ4v) is 3.88. The molecule has 1 aromatic heterocycles. The van der Waals surface area contributed by atoms with Crippen LogP contribution >= 0.6 is 34.5 Å². The Labute approximate surface area is 148 Å². The smallest absolute Gasteiger partial charge is 0.341 e. The molecule has 2 rings (SSSR count). The Kier molecular flexibility index (Phi) is 5.68. The Morgan fingerprint density at radius 1 is 1.30 bits per heavy atom. The maximum atomic E-state index is 12.4. The van der Waals surface area contributed by atoms with Gasteiger partial charge in [-0.25, -0.2) is 4.79 Å². The Morgan fingerprint density at radius 2 is 2.00 bits per heavy atom. The van der Waals surface area contributed by atoms with Crippen molar-refractivity contribution in [1.29, 1.82) is 0 Å². The molecule has 0 saturated carbocycles. The number of thiophene rings is 1. The standard InChI is InChI=1S/C16H15Cl2NO3S/c1-4-10-8(2)23-15(13(10)16(21)22-3)19-14(20)11-6-5-9(17)7-12(11)18/h5-7H,4H2,1-3H3,(H,19,20). The molecule has 0 aliphatic heterocycles. The molecule has 1 N–H and O–H groups in total. The number of ether oxygens (including phenoxy) is 1. The maximum absolute atomic E-state index is 12.4. The van der Waals surface area contributed by atoms with Gasteiger partial charge in [0.15, 0.2) is 0 Å². The summed E-state index contributed by atoms with van der Waals surface area (Å²) in [6, 6.07) is 4.62. The number of amides is 1. The van der Waals surface area contributed by atoms with Gasteiger partial charge in [0.05, 0.1) is 23.3 Å². The Bertz CT molecular complexity index is 771. The summed E-state index contributed by atoms with van der Waals surface area (Å²) < 4.78 is 4.83. The number of carbonyl (C=O) groups is 2. The molecule has 1 aromatic carbocycles. The van der Waals surface area contributed by atoms with Crippen molar-refractivity contribution in [3.05, 3.63) is 49.8 Å². The van der Waals surface area contributed by atoms with Crippen molar-refractivity contribution in [1.82, 2.24) is 0 Å². The molecule has 0 spiro atoms. The maximum Gasteiger partial charge on any atom is 0.341 e. The van der Waals surface area contributed by atoms with Crippen LogP contribution in [-0.2, 0) is 11.2 Å². The first-order valence-electron chi connectivity index (χ1n) is 6.86. The third-order valence-electron chi connectivity index (χ3n) is 3.35. The minimum Gasteiger partial charge on any atom is -0.465 e. The number of halogens is 2. The quantitative estimate of drug-likeness (QED) is 0.772. The van der Waals surface area contributed by atoms with Gasteiger partial charge in [0.2, 0.25) is 0 Å². The summed E-state index contributed by atoms with van der Waals surface area (Å²) in [4.78, 5) is 25.4. The Balaban J connectivity index is 2.39. The molecule has 0 unspecified atom stereocenters. The van der Waals surface area contributed by atoms with E-state index in [4.69, 9.17) is 27.9 Å². The number of nitrogens with one attached hydrogen (secondary N) is 1. The van der Waals surface area contributed by atoms with E-state index in [2.05, 4.69) is 5.32 Å². The summed E-state index contributed by atoms with van der Waals surface area (Å²) in [6.45, 7) is 3.85. The number of hydrogen-bond acceptors (Lipinski definition) is 4. The number of esters is 1. The minimum absolute atomic E-state index is 0.249. The largest absolute Gasteiger partial charge is 0.465 e. The van der Waals surface area contributed by atoms with Gasteiger partial charge in [0.25, 0.3) is 5.91 Å². The van der Waals surface area contributed by atoms with E-state index in [-0.39, 0.29) is 10.6 Å². The van der Waals surface area contributed by atoms with Gasteiger partial charge in [-0.05, 0) is 37.1 Å². The molecule has 0 saturated heterocycles. The van der Waals surface area contributed by atoms with E-state index in [9.17, 15) is 9.59 Å². The molecular weight excluding hydrogens is 357 g/mol. The van der Waals surface area contributed by atoms with Crippen LogP contribution in [0.2, 0.25) is 10.0 Å². The molecule has 4 nitrogen and oxygen atoms in total. The third kappa shape index (κ3) is 3.68. The van der Waals surface area contributed by atoms with E-state index in [0.717, 1.165) is 10.4 Å². The molecule has 122 valence electrons. The van der Waals surface area contributed by atoms with E-state index >= 15 is 0 Å². The van der Waals surface area contributed by atoms with E-state index in [0.29, 0.717) is 22.0 Å². The molecule has 1 amide bonds. The van der Waals surface area contributed by atoms with Gasteiger partial charge < -0.3 is 10.1 Å². The highest BCUT2D eigenvalue weighted by Gasteiger charge is 2.23. The van der Waals surface area contributed by atoms with Gasteiger partial charge in [0.1, 0.15) is 5.00 Å². The van der Waals surface area contributed by atoms with Crippen LogP contribution < -0.4 is 5.32 Å². The van der Waals surface area contributed by atoms with E-state index < -0.39 is 11.9 Å². The van der Waals surface area contributed by atoms with Crippen LogP contribution in [0.15, 0.2) is 18.2 Å². The number of carbonyl (C=O) groups excluding carboxylic acids is 2. The molecule has 2 aromatic rings. The van der Waals surface area contributed by atoms with E-state index in [1.165, 1.54) is 24.5 Å². The molecule has 1 heterocycles. The fourth-order valence-electron chi connectivity index (χ4n) is 2.25. The van der Waals surface area contributed by atoms with Gasteiger partial charge in [0, 0.05) is 9.90 Å². The van der Waals surface area contributed by atoms with Crippen molar-refractivity contribution in [3.63, 3.8) is 0 Å². The number of methoxy groups -OCH3 is 1. The third-order valence-corrected chi connectivity index (χ3v) is 4.97.